The Bertz CT molecular complexity index is 2390. The summed E-state index contributed by atoms with van der Waals surface area (Å²) in [6, 6.07) is 10.4. The van der Waals surface area contributed by atoms with Gasteiger partial charge in [0.15, 0.2) is 34.5 Å². The molecule has 302 valence electrons. The maximum atomic E-state index is 14.2. The van der Waals surface area contributed by atoms with E-state index in [1.165, 1.54) is 27.4 Å². The Labute approximate surface area is 333 Å². The number of anilines is 1. The van der Waals surface area contributed by atoms with E-state index in [1.807, 2.05) is 35.4 Å². The Morgan fingerprint density at radius 1 is 0.672 bits per heavy atom. The number of nitrogens with one attached hydrogen (secondary N) is 3. The van der Waals surface area contributed by atoms with Crippen LogP contribution in [0.15, 0.2) is 57.9 Å². The van der Waals surface area contributed by atoms with E-state index in [1.54, 1.807) is 18.2 Å². The highest BCUT2D eigenvalue weighted by Gasteiger charge is 2.46. The van der Waals surface area contributed by atoms with Crippen molar-refractivity contribution in [2.75, 3.05) is 45.9 Å². The van der Waals surface area contributed by atoms with Gasteiger partial charge in [-0.05, 0) is 111 Å². The van der Waals surface area contributed by atoms with Crippen molar-refractivity contribution >= 4 is 40.6 Å². The molecule has 15 nitrogen and oxygen atoms in total. The Morgan fingerprint density at radius 2 is 1.22 bits per heavy atom. The highest BCUT2D eigenvalue weighted by molar-refractivity contribution is 5.93. The van der Waals surface area contributed by atoms with Gasteiger partial charge in [-0.2, -0.15) is 0 Å². The molecule has 5 aliphatic heterocycles. The SMILES string of the molecule is COc1cc(C2c3c(c(=O)oc4cc(OC(=O)[C@@H]5CCCN5)c(OC)cc34)N3C=Cc4cc(OC(=O)[C@@H]5CCCN5)c(OC)cc4C23)ccc1OC(=O)[C@@H]1CCCN1. The van der Waals surface area contributed by atoms with Crippen LogP contribution in [0.2, 0.25) is 0 Å². The predicted molar refractivity (Wildman–Crippen MR) is 211 cm³/mol. The number of carbonyl (C=O) groups is 3. The van der Waals surface area contributed by atoms with Crippen molar-refractivity contribution in [1.29, 1.82) is 0 Å². The van der Waals surface area contributed by atoms with Gasteiger partial charge in [0, 0.05) is 29.1 Å². The lowest BCUT2D eigenvalue weighted by Crippen LogP contribution is -2.34. The summed E-state index contributed by atoms with van der Waals surface area (Å²) < 4.78 is 41.0. The summed E-state index contributed by atoms with van der Waals surface area (Å²) in [5.74, 6) is -0.188. The average Bonchev–Trinajstić information content (AvgIpc) is 4.08. The molecule has 3 aromatic carbocycles. The van der Waals surface area contributed by atoms with E-state index in [0.717, 1.165) is 49.0 Å². The molecule has 3 N–H and O–H groups in total. The van der Waals surface area contributed by atoms with Gasteiger partial charge < -0.3 is 53.7 Å². The smallest absolute Gasteiger partial charge is 0.360 e. The van der Waals surface area contributed by atoms with Crippen LogP contribution < -0.4 is 54.9 Å². The van der Waals surface area contributed by atoms with Gasteiger partial charge in [0.2, 0.25) is 0 Å². The number of rotatable bonds is 10. The number of esters is 3. The zero-order valence-electron chi connectivity index (χ0n) is 32.4. The van der Waals surface area contributed by atoms with Crippen LogP contribution in [-0.4, -0.2) is 77.0 Å². The van der Waals surface area contributed by atoms with Gasteiger partial charge in [0.1, 0.15) is 29.4 Å². The number of nitrogens with zero attached hydrogens (tertiary/aromatic N) is 1. The fraction of sp³-hybridized carbons (Fsp3) is 0.395. The van der Waals surface area contributed by atoms with Gasteiger partial charge in [-0.25, -0.2) is 19.2 Å². The predicted octanol–water partition coefficient (Wildman–Crippen LogP) is 4.47. The summed E-state index contributed by atoms with van der Waals surface area (Å²) >= 11 is 0. The van der Waals surface area contributed by atoms with Crippen molar-refractivity contribution in [2.45, 2.75) is 68.6 Å². The minimum absolute atomic E-state index is 0.124. The molecule has 0 radical (unpaired) electrons. The molecule has 15 heteroatoms. The van der Waals surface area contributed by atoms with E-state index >= 15 is 0 Å². The molecule has 0 bridgehead atoms. The lowest BCUT2D eigenvalue weighted by atomic mass is 9.81. The fourth-order valence-corrected chi connectivity index (χ4v) is 8.87. The lowest BCUT2D eigenvalue weighted by molar-refractivity contribution is -0.137. The molecule has 2 unspecified atom stereocenters. The topological polar surface area (TPSA) is 176 Å². The van der Waals surface area contributed by atoms with E-state index in [0.29, 0.717) is 53.9 Å². The number of methoxy groups -OCH3 is 3. The van der Waals surface area contributed by atoms with Gasteiger partial charge >= 0.3 is 23.5 Å². The van der Waals surface area contributed by atoms with Crippen molar-refractivity contribution in [2.24, 2.45) is 0 Å². The van der Waals surface area contributed by atoms with E-state index < -0.39 is 47.6 Å². The first-order valence-electron chi connectivity index (χ1n) is 19.7. The number of ether oxygens (including phenoxy) is 6. The Balaban J connectivity index is 1.18. The Hall–Kier alpha value is -5.90. The third kappa shape index (κ3) is 6.62. The van der Waals surface area contributed by atoms with Crippen LogP contribution in [0.4, 0.5) is 5.69 Å². The molecule has 0 spiro atoms. The van der Waals surface area contributed by atoms with Gasteiger partial charge in [0.25, 0.3) is 0 Å². The van der Waals surface area contributed by atoms with Gasteiger partial charge in [-0.3, -0.25) is 0 Å². The van der Waals surface area contributed by atoms with Crippen LogP contribution in [0.25, 0.3) is 17.0 Å². The van der Waals surface area contributed by atoms with E-state index in [2.05, 4.69) is 16.0 Å². The molecule has 58 heavy (non-hydrogen) atoms. The van der Waals surface area contributed by atoms with Crippen LogP contribution in [0.5, 0.6) is 34.5 Å². The van der Waals surface area contributed by atoms with Crippen LogP contribution in [0.1, 0.15) is 72.7 Å². The number of hydrogen-bond donors (Lipinski definition) is 3. The maximum absolute atomic E-state index is 14.2. The van der Waals surface area contributed by atoms with Crippen molar-refractivity contribution in [3.05, 3.63) is 81.3 Å². The summed E-state index contributed by atoms with van der Waals surface area (Å²) in [5.41, 5.74) is 2.80. The molecule has 1 aromatic heterocycles. The van der Waals surface area contributed by atoms with E-state index in [-0.39, 0.29) is 34.6 Å². The monoisotopic (exact) mass is 792 g/mol. The maximum Gasteiger partial charge on any atom is 0.360 e. The highest BCUT2D eigenvalue weighted by Crippen LogP contribution is 2.57. The number of carbonyl (C=O) groups excluding carboxylic acids is 3. The quantitative estimate of drug-likeness (QED) is 0.116. The number of hydrogen-bond acceptors (Lipinski definition) is 15. The summed E-state index contributed by atoms with van der Waals surface area (Å²) in [6.07, 6.45) is 8.30. The van der Waals surface area contributed by atoms with Crippen LogP contribution >= 0.6 is 0 Å². The molecular weight excluding hydrogens is 748 g/mol. The van der Waals surface area contributed by atoms with Crippen molar-refractivity contribution < 1.29 is 47.2 Å². The van der Waals surface area contributed by atoms with Gasteiger partial charge in [-0.15, -0.1) is 0 Å². The zero-order chi connectivity index (χ0) is 40.1. The molecule has 0 aliphatic carbocycles. The molecule has 9 rings (SSSR count). The van der Waals surface area contributed by atoms with Crippen LogP contribution in [-0.2, 0) is 14.4 Å². The summed E-state index contributed by atoms with van der Waals surface area (Å²) in [7, 11) is 4.50. The van der Waals surface area contributed by atoms with Crippen molar-refractivity contribution in [3.63, 3.8) is 0 Å². The zero-order valence-corrected chi connectivity index (χ0v) is 32.4. The minimum Gasteiger partial charge on any atom is -0.493 e. The lowest BCUT2D eigenvalue weighted by Gasteiger charge is -2.33. The van der Waals surface area contributed by atoms with E-state index in [4.69, 9.17) is 32.8 Å². The molecule has 4 aromatic rings. The van der Waals surface area contributed by atoms with Crippen molar-refractivity contribution in [3.8, 4) is 34.5 Å². The highest BCUT2D eigenvalue weighted by atomic mass is 16.6. The standard InChI is InChI=1S/C43H44N4O11/c1-52-31-18-23(10-11-29(31)55-40(48)26-7-4-13-44-26)36-37-25-20-33(54-3)35(58-42(50)28-9-6-15-46-28)21-30(25)56-43(51)39(37)47-16-12-22-17-34(32(53-2)19-24(22)38(36)47)57-41(49)27-8-5-14-45-27/h10-12,16-21,26-28,36,38,44-46H,4-9,13-15H2,1-3H3/t26-,27-,28-,36?,38?/m0/s1. The summed E-state index contributed by atoms with van der Waals surface area (Å²) in [5, 5.41) is 10.1. The molecule has 5 aliphatic rings. The second kappa shape index (κ2) is 15.5. The summed E-state index contributed by atoms with van der Waals surface area (Å²) in [4.78, 5) is 55.4. The molecule has 5 atom stereocenters. The number of benzene rings is 3. The van der Waals surface area contributed by atoms with Crippen LogP contribution in [0.3, 0.4) is 0 Å². The first kappa shape index (κ1) is 37.7. The molecule has 6 heterocycles. The fourth-order valence-electron chi connectivity index (χ4n) is 8.87. The molecule has 0 saturated carbocycles. The summed E-state index contributed by atoms with van der Waals surface area (Å²) in [6.45, 7) is 2.20. The Kier molecular flexibility index (Phi) is 10.0. The first-order valence-corrected chi connectivity index (χ1v) is 19.7. The third-order valence-electron chi connectivity index (χ3n) is 11.7. The molecule has 3 saturated heterocycles. The van der Waals surface area contributed by atoms with E-state index in [9.17, 15) is 19.2 Å². The number of fused-ring (bicyclic) bond motifs is 7. The molecule has 0 amide bonds. The van der Waals surface area contributed by atoms with Gasteiger partial charge in [-0.1, -0.05) is 6.07 Å². The third-order valence-corrected chi connectivity index (χ3v) is 11.7. The average molecular weight is 793 g/mol. The second-order valence-electron chi connectivity index (χ2n) is 15.0. The Morgan fingerprint density at radius 3 is 1.79 bits per heavy atom. The van der Waals surface area contributed by atoms with Crippen LogP contribution in [0, 0.1) is 0 Å². The molecular formula is C43H44N4O11. The normalized spacial score (nSPS) is 22.9. The largest absolute Gasteiger partial charge is 0.493 e. The minimum atomic E-state index is -0.605. The molecule has 3 fully saturated rings. The van der Waals surface area contributed by atoms with Gasteiger partial charge in [0.05, 0.1) is 27.4 Å². The second-order valence-corrected chi connectivity index (χ2v) is 15.0. The van der Waals surface area contributed by atoms with Crippen molar-refractivity contribution in [1.82, 2.24) is 16.0 Å². The first-order chi connectivity index (χ1) is 28.3.